The summed E-state index contributed by atoms with van der Waals surface area (Å²) in [5.74, 6) is 0.832. The van der Waals surface area contributed by atoms with Crippen LogP contribution in [0.1, 0.15) is 71.6 Å². The lowest BCUT2D eigenvalue weighted by Gasteiger charge is -2.35. The first kappa shape index (κ1) is 18.3. The summed E-state index contributed by atoms with van der Waals surface area (Å²) in [5.41, 5.74) is 0. The summed E-state index contributed by atoms with van der Waals surface area (Å²) >= 11 is 5.67. The van der Waals surface area contributed by atoms with E-state index >= 15 is 0 Å². The van der Waals surface area contributed by atoms with Crippen molar-refractivity contribution in [3.05, 3.63) is 0 Å². The van der Waals surface area contributed by atoms with Crippen molar-refractivity contribution >= 4 is 11.6 Å². The van der Waals surface area contributed by atoms with E-state index in [0.29, 0.717) is 12.2 Å². The van der Waals surface area contributed by atoms with Crippen LogP contribution in [-0.2, 0) is 4.74 Å². The molecule has 0 N–H and O–H groups in total. The molecule has 0 saturated carbocycles. The van der Waals surface area contributed by atoms with Crippen LogP contribution in [0.5, 0.6) is 0 Å². The van der Waals surface area contributed by atoms with Crippen LogP contribution >= 0.6 is 11.6 Å². The summed E-state index contributed by atoms with van der Waals surface area (Å²) in [6.45, 7) is 7.86. The van der Waals surface area contributed by atoms with E-state index in [-0.39, 0.29) is 0 Å². The number of rotatable bonds is 11. The standard InChI is InChI=1S/C17H34ClNO/c1-16-14-19(15-17(2)20-16)13-11-9-7-5-3-4-6-8-10-12-18/h16-17H,3-15H2,1-2H3. The molecule has 2 atom stereocenters. The third kappa shape index (κ3) is 9.20. The normalized spacial score (nSPS) is 24.1. The second kappa shape index (κ2) is 11.8. The van der Waals surface area contributed by atoms with Crippen LogP contribution in [0, 0.1) is 0 Å². The summed E-state index contributed by atoms with van der Waals surface area (Å²) in [4.78, 5) is 2.57. The van der Waals surface area contributed by atoms with E-state index in [1.54, 1.807) is 0 Å². The van der Waals surface area contributed by atoms with Crippen molar-refractivity contribution in [1.82, 2.24) is 4.90 Å². The Labute approximate surface area is 131 Å². The first-order valence-corrected chi connectivity index (χ1v) is 9.19. The van der Waals surface area contributed by atoms with Gasteiger partial charge >= 0.3 is 0 Å². The molecule has 0 radical (unpaired) electrons. The largest absolute Gasteiger partial charge is 0.373 e. The molecule has 0 aromatic rings. The van der Waals surface area contributed by atoms with Gasteiger partial charge in [-0.3, -0.25) is 4.90 Å². The smallest absolute Gasteiger partial charge is 0.0678 e. The fourth-order valence-corrected chi connectivity index (χ4v) is 3.32. The number of morpholine rings is 1. The van der Waals surface area contributed by atoms with Gasteiger partial charge in [-0.15, -0.1) is 11.6 Å². The van der Waals surface area contributed by atoms with Crippen molar-refractivity contribution in [3.8, 4) is 0 Å². The van der Waals surface area contributed by atoms with E-state index in [4.69, 9.17) is 16.3 Å². The third-order valence-corrected chi connectivity index (χ3v) is 4.37. The Morgan fingerprint density at radius 1 is 0.800 bits per heavy atom. The van der Waals surface area contributed by atoms with Gasteiger partial charge in [-0.25, -0.2) is 0 Å². The van der Waals surface area contributed by atoms with Crippen LogP contribution in [0.3, 0.4) is 0 Å². The van der Waals surface area contributed by atoms with Gasteiger partial charge in [-0.05, 0) is 33.2 Å². The van der Waals surface area contributed by atoms with Gasteiger partial charge in [-0.1, -0.05) is 44.9 Å². The zero-order chi connectivity index (χ0) is 14.6. The summed E-state index contributed by atoms with van der Waals surface area (Å²) in [6, 6.07) is 0. The van der Waals surface area contributed by atoms with Crippen LogP contribution in [0.4, 0.5) is 0 Å². The number of hydrogen-bond donors (Lipinski definition) is 0. The number of hydrogen-bond acceptors (Lipinski definition) is 2. The maximum Gasteiger partial charge on any atom is 0.0678 e. The molecule has 0 amide bonds. The second-order valence-electron chi connectivity index (χ2n) is 6.39. The van der Waals surface area contributed by atoms with Crippen molar-refractivity contribution in [2.45, 2.75) is 83.8 Å². The first-order valence-electron chi connectivity index (χ1n) is 8.66. The molecule has 1 aliphatic rings. The van der Waals surface area contributed by atoms with Gasteiger partial charge in [0.15, 0.2) is 0 Å². The molecule has 1 aliphatic heterocycles. The Morgan fingerprint density at radius 3 is 1.75 bits per heavy atom. The number of unbranched alkanes of at least 4 members (excludes halogenated alkanes) is 8. The highest BCUT2D eigenvalue weighted by atomic mass is 35.5. The number of alkyl halides is 1. The van der Waals surface area contributed by atoms with Gasteiger partial charge in [0.05, 0.1) is 12.2 Å². The zero-order valence-corrected chi connectivity index (χ0v) is 14.3. The van der Waals surface area contributed by atoms with Crippen LogP contribution in [0.15, 0.2) is 0 Å². The molecule has 1 fully saturated rings. The predicted octanol–water partition coefficient (Wildman–Crippen LogP) is 4.85. The van der Waals surface area contributed by atoms with Crippen LogP contribution in [0.25, 0.3) is 0 Å². The highest BCUT2D eigenvalue weighted by Gasteiger charge is 2.21. The van der Waals surface area contributed by atoms with E-state index in [2.05, 4.69) is 18.7 Å². The predicted molar refractivity (Wildman–Crippen MR) is 88.7 cm³/mol. The summed E-state index contributed by atoms with van der Waals surface area (Å²) < 4.78 is 5.77. The topological polar surface area (TPSA) is 12.5 Å². The maximum absolute atomic E-state index is 5.77. The molecule has 2 unspecified atom stereocenters. The van der Waals surface area contributed by atoms with E-state index in [1.807, 2.05) is 0 Å². The summed E-state index contributed by atoms with van der Waals surface area (Å²) in [7, 11) is 0. The molecule has 2 nitrogen and oxygen atoms in total. The van der Waals surface area contributed by atoms with Gasteiger partial charge in [-0.2, -0.15) is 0 Å². The highest BCUT2D eigenvalue weighted by Crippen LogP contribution is 2.13. The number of halogens is 1. The molecule has 120 valence electrons. The first-order chi connectivity index (χ1) is 9.72. The molecular weight excluding hydrogens is 270 g/mol. The van der Waals surface area contributed by atoms with E-state index < -0.39 is 0 Å². The lowest BCUT2D eigenvalue weighted by atomic mass is 10.1. The molecule has 0 bridgehead atoms. The van der Waals surface area contributed by atoms with Gasteiger partial charge in [0.25, 0.3) is 0 Å². The van der Waals surface area contributed by atoms with Gasteiger partial charge in [0, 0.05) is 19.0 Å². The van der Waals surface area contributed by atoms with E-state index in [1.165, 1.54) is 64.3 Å². The molecule has 0 aromatic heterocycles. The average Bonchev–Trinajstić information content (AvgIpc) is 2.40. The van der Waals surface area contributed by atoms with Crippen molar-refractivity contribution in [1.29, 1.82) is 0 Å². The fourth-order valence-electron chi connectivity index (χ4n) is 3.13. The molecule has 1 rings (SSSR count). The van der Waals surface area contributed by atoms with Gasteiger partial charge in [0.2, 0.25) is 0 Å². The Kier molecular flexibility index (Phi) is 10.8. The van der Waals surface area contributed by atoms with Crippen molar-refractivity contribution in [2.75, 3.05) is 25.5 Å². The molecule has 0 aromatic carbocycles. The molecular formula is C17H34ClNO. The Bertz CT molecular complexity index is 215. The minimum absolute atomic E-state index is 0.409. The molecule has 1 heterocycles. The summed E-state index contributed by atoms with van der Waals surface area (Å²) in [5, 5.41) is 0. The lowest BCUT2D eigenvalue weighted by molar-refractivity contribution is -0.0681. The Morgan fingerprint density at radius 2 is 1.25 bits per heavy atom. The Balaban J connectivity index is 1.85. The number of nitrogens with zero attached hydrogens (tertiary/aromatic N) is 1. The number of ether oxygens (including phenoxy) is 1. The third-order valence-electron chi connectivity index (χ3n) is 4.10. The highest BCUT2D eigenvalue weighted by molar-refractivity contribution is 6.17. The molecule has 0 aliphatic carbocycles. The van der Waals surface area contributed by atoms with Crippen LogP contribution < -0.4 is 0 Å². The fraction of sp³-hybridized carbons (Fsp3) is 1.00. The maximum atomic E-state index is 5.77. The minimum Gasteiger partial charge on any atom is -0.373 e. The summed E-state index contributed by atoms with van der Waals surface area (Å²) in [6.07, 6.45) is 13.1. The molecule has 3 heteroatoms. The van der Waals surface area contributed by atoms with Crippen molar-refractivity contribution in [3.63, 3.8) is 0 Å². The van der Waals surface area contributed by atoms with Gasteiger partial charge < -0.3 is 4.74 Å². The van der Waals surface area contributed by atoms with Crippen molar-refractivity contribution < 1.29 is 4.74 Å². The van der Waals surface area contributed by atoms with Crippen LogP contribution in [-0.4, -0.2) is 42.6 Å². The molecule has 1 saturated heterocycles. The minimum atomic E-state index is 0.409. The average molecular weight is 304 g/mol. The quantitative estimate of drug-likeness (QED) is 0.400. The lowest BCUT2D eigenvalue weighted by Crippen LogP contribution is -2.45. The zero-order valence-electron chi connectivity index (χ0n) is 13.6. The molecule has 20 heavy (non-hydrogen) atoms. The van der Waals surface area contributed by atoms with Crippen molar-refractivity contribution in [2.24, 2.45) is 0 Å². The monoisotopic (exact) mass is 303 g/mol. The molecule has 0 spiro atoms. The SMILES string of the molecule is CC1CN(CCCCCCCCCCCCl)CC(C)O1. The second-order valence-corrected chi connectivity index (χ2v) is 6.77. The van der Waals surface area contributed by atoms with E-state index in [0.717, 1.165) is 19.0 Å². The Hall–Kier alpha value is 0.210. The van der Waals surface area contributed by atoms with Gasteiger partial charge in [0.1, 0.15) is 0 Å². The van der Waals surface area contributed by atoms with Crippen LogP contribution in [0.2, 0.25) is 0 Å². The van der Waals surface area contributed by atoms with E-state index in [9.17, 15) is 0 Å².